The van der Waals surface area contributed by atoms with Gasteiger partial charge < -0.3 is 14.2 Å². The predicted molar refractivity (Wildman–Crippen MR) is 94.5 cm³/mol. The molecule has 0 N–H and O–H groups in total. The third-order valence-corrected chi connectivity index (χ3v) is 6.13. The van der Waals surface area contributed by atoms with Crippen LogP contribution in [0.3, 0.4) is 0 Å². The standard InChI is InChI=1S/C20H34O4/c1-18(2,3)17(21)24-16-11-15-14(9-8-10-23-13-22-7)12-20(16,6)19(15,4)5/h12,15-16H,8-11,13H2,1-7H3/t15-,16-,20-/m1/s1. The summed E-state index contributed by atoms with van der Waals surface area (Å²) in [6.45, 7) is 13.7. The molecular weight excluding hydrogens is 304 g/mol. The van der Waals surface area contributed by atoms with Crippen molar-refractivity contribution in [2.45, 2.75) is 66.9 Å². The molecule has 0 saturated heterocycles. The van der Waals surface area contributed by atoms with E-state index in [9.17, 15) is 4.79 Å². The van der Waals surface area contributed by atoms with Gasteiger partial charge >= 0.3 is 5.97 Å². The number of esters is 1. The lowest BCUT2D eigenvalue weighted by molar-refractivity contribution is -0.163. The van der Waals surface area contributed by atoms with E-state index in [0.29, 0.717) is 12.7 Å². The van der Waals surface area contributed by atoms with Gasteiger partial charge in [0.1, 0.15) is 12.9 Å². The van der Waals surface area contributed by atoms with Gasteiger partial charge in [-0.1, -0.05) is 32.4 Å². The van der Waals surface area contributed by atoms with Gasteiger partial charge in [-0.25, -0.2) is 0 Å². The van der Waals surface area contributed by atoms with Gasteiger partial charge in [0.05, 0.1) is 5.41 Å². The van der Waals surface area contributed by atoms with E-state index in [-0.39, 0.29) is 22.9 Å². The summed E-state index contributed by atoms with van der Waals surface area (Å²) in [4.78, 5) is 12.3. The van der Waals surface area contributed by atoms with E-state index in [1.54, 1.807) is 7.11 Å². The van der Waals surface area contributed by atoms with Crippen molar-refractivity contribution in [1.29, 1.82) is 0 Å². The lowest BCUT2D eigenvalue weighted by Crippen LogP contribution is -2.39. The van der Waals surface area contributed by atoms with Gasteiger partial charge in [0.15, 0.2) is 0 Å². The summed E-state index contributed by atoms with van der Waals surface area (Å²) in [6, 6.07) is 0. The molecule has 0 radical (unpaired) electrons. The number of carbonyl (C=O) groups excluding carboxylic acids is 1. The Bertz CT molecular complexity index is 500. The van der Waals surface area contributed by atoms with Gasteiger partial charge in [-0.15, -0.1) is 0 Å². The van der Waals surface area contributed by atoms with E-state index in [0.717, 1.165) is 25.9 Å². The average molecular weight is 338 g/mol. The van der Waals surface area contributed by atoms with Crippen LogP contribution in [-0.2, 0) is 19.0 Å². The SMILES string of the molecule is COCOCCCC1=C[C@]2(C)[C@H](OC(=O)C(C)(C)C)C[C@H]1C2(C)C. The number of hydrogen-bond donors (Lipinski definition) is 0. The number of ether oxygens (including phenoxy) is 3. The Morgan fingerprint density at radius 2 is 1.96 bits per heavy atom. The maximum Gasteiger partial charge on any atom is 0.311 e. The molecule has 4 heteroatoms. The third kappa shape index (κ3) is 3.41. The van der Waals surface area contributed by atoms with Crippen molar-refractivity contribution in [2.75, 3.05) is 20.5 Å². The van der Waals surface area contributed by atoms with Crippen LogP contribution in [0.25, 0.3) is 0 Å². The lowest BCUT2D eigenvalue weighted by Gasteiger charge is -2.38. The van der Waals surface area contributed by atoms with Crippen LogP contribution in [0.1, 0.15) is 60.8 Å². The van der Waals surface area contributed by atoms with Crippen molar-refractivity contribution in [3.05, 3.63) is 11.6 Å². The van der Waals surface area contributed by atoms with Crippen LogP contribution in [0.2, 0.25) is 0 Å². The van der Waals surface area contributed by atoms with Gasteiger partial charge in [-0.2, -0.15) is 0 Å². The number of hydrogen-bond acceptors (Lipinski definition) is 4. The number of allylic oxidation sites excluding steroid dienone is 1. The third-order valence-electron chi connectivity index (χ3n) is 6.13. The zero-order valence-corrected chi connectivity index (χ0v) is 16.4. The first-order chi connectivity index (χ1) is 11.0. The summed E-state index contributed by atoms with van der Waals surface area (Å²) in [5.41, 5.74) is 1.10. The van der Waals surface area contributed by atoms with Gasteiger partial charge in [-0.05, 0) is 51.4 Å². The molecule has 0 unspecified atom stereocenters. The molecule has 1 saturated carbocycles. The van der Waals surface area contributed by atoms with E-state index in [4.69, 9.17) is 14.2 Å². The molecule has 2 rings (SSSR count). The molecule has 2 aliphatic rings. The summed E-state index contributed by atoms with van der Waals surface area (Å²) in [5, 5.41) is 0. The second kappa shape index (κ2) is 6.80. The molecule has 1 fully saturated rings. The Morgan fingerprint density at radius 1 is 1.29 bits per heavy atom. The van der Waals surface area contributed by atoms with Crippen molar-refractivity contribution in [1.82, 2.24) is 0 Å². The average Bonchev–Trinajstić information content (AvgIpc) is 2.77. The topological polar surface area (TPSA) is 44.8 Å². The molecule has 0 spiro atoms. The highest BCUT2D eigenvalue weighted by Crippen LogP contribution is 2.65. The van der Waals surface area contributed by atoms with E-state index < -0.39 is 5.41 Å². The Balaban J connectivity index is 2.03. The Kier molecular flexibility index (Phi) is 5.51. The molecule has 0 heterocycles. The highest BCUT2D eigenvalue weighted by molar-refractivity contribution is 5.75. The molecule has 2 bridgehead atoms. The molecule has 4 nitrogen and oxygen atoms in total. The van der Waals surface area contributed by atoms with Crippen molar-refractivity contribution in [2.24, 2.45) is 22.2 Å². The van der Waals surface area contributed by atoms with Gasteiger partial charge in [0, 0.05) is 19.1 Å². The minimum atomic E-state index is -0.451. The fraction of sp³-hybridized carbons (Fsp3) is 0.850. The highest BCUT2D eigenvalue weighted by atomic mass is 16.7. The maximum absolute atomic E-state index is 12.3. The van der Waals surface area contributed by atoms with Crippen LogP contribution in [0.4, 0.5) is 0 Å². The fourth-order valence-electron chi connectivity index (χ4n) is 4.17. The summed E-state index contributed by atoms with van der Waals surface area (Å²) in [5.74, 6) is 0.391. The quantitative estimate of drug-likeness (QED) is 0.300. The summed E-state index contributed by atoms with van der Waals surface area (Å²) in [7, 11) is 1.64. The smallest absolute Gasteiger partial charge is 0.311 e. The van der Waals surface area contributed by atoms with Crippen molar-refractivity contribution in [3.63, 3.8) is 0 Å². The van der Waals surface area contributed by atoms with Crippen LogP contribution in [-0.4, -0.2) is 32.6 Å². The van der Waals surface area contributed by atoms with Gasteiger partial charge in [-0.3, -0.25) is 4.79 Å². The van der Waals surface area contributed by atoms with E-state index in [1.807, 2.05) is 20.8 Å². The maximum atomic E-state index is 12.3. The molecule has 0 aromatic carbocycles. The molecule has 24 heavy (non-hydrogen) atoms. The van der Waals surface area contributed by atoms with Crippen molar-refractivity contribution >= 4 is 5.97 Å². The largest absolute Gasteiger partial charge is 0.461 e. The zero-order valence-electron chi connectivity index (χ0n) is 16.4. The van der Waals surface area contributed by atoms with E-state index in [2.05, 4.69) is 26.8 Å². The molecule has 3 atom stereocenters. The Hall–Kier alpha value is -0.870. The van der Waals surface area contributed by atoms with Crippen LogP contribution < -0.4 is 0 Å². The minimum absolute atomic E-state index is 0.0160. The fourth-order valence-corrected chi connectivity index (χ4v) is 4.17. The normalized spacial score (nSPS) is 31.2. The predicted octanol–water partition coefficient (Wildman–Crippen LogP) is 4.34. The number of fused-ring (bicyclic) bond motifs is 2. The minimum Gasteiger partial charge on any atom is -0.461 e. The summed E-state index contributed by atoms with van der Waals surface area (Å²) < 4.78 is 16.2. The number of rotatable bonds is 7. The van der Waals surface area contributed by atoms with Crippen molar-refractivity contribution < 1.29 is 19.0 Å². The molecule has 2 aliphatic carbocycles. The lowest BCUT2D eigenvalue weighted by atomic mass is 9.69. The molecule has 0 aromatic heterocycles. The molecule has 0 aromatic rings. The van der Waals surface area contributed by atoms with Crippen LogP contribution >= 0.6 is 0 Å². The number of carbonyl (C=O) groups is 1. The van der Waals surface area contributed by atoms with E-state index >= 15 is 0 Å². The Morgan fingerprint density at radius 3 is 2.46 bits per heavy atom. The monoisotopic (exact) mass is 338 g/mol. The second-order valence-corrected chi connectivity index (χ2v) is 9.07. The van der Waals surface area contributed by atoms with Crippen molar-refractivity contribution in [3.8, 4) is 0 Å². The van der Waals surface area contributed by atoms with Gasteiger partial charge in [0.25, 0.3) is 0 Å². The zero-order chi connectivity index (χ0) is 18.2. The second-order valence-electron chi connectivity index (χ2n) is 9.07. The molecular formula is C20H34O4. The van der Waals surface area contributed by atoms with Crippen LogP contribution in [0.15, 0.2) is 11.6 Å². The van der Waals surface area contributed by atoms with Crippen LogP contribution in [0, 0.1) is 22.2 Å². The van der Waals surface area contributed by atoms with E-state index in [1.165, 1.54) is 5.57 Å². The number of methoxy groups -OCH3 is 1. The van der Waals surface area contributed by atoms with Gasteiger partial charge in [0.2, 0.25) is 0 Å². The molecule has 0 aliphatic heterocycles. The molecule has 0 amide bonds. The molecule has 138 valence electrons. The summed E-state index contributed by atoms with van der Waals surface area (Å²) in [6.07, 6.45) is 5.36. The summed E-state index contributed by atoms with van der Waals surface area (Å²) >= 11 is 0. The van der Waals surface area contributed by atoms with Crippen LogP contribution in [0.5, 0.6) is 0 Å². The first-order valence-corrected chi connectivity index (χ1v) is 9.03. The Labute approximate surface area is 146 Å². The first kappa shape index (κ1) is 19.5. The first-order valence-electron chi connectivity index (χ1n) is 9.03. The highest BCUT2D eigenvalue weighted by Gasteiger charge is 2.62.